The lowest BCUT2D eigenvalue weighted by Gasteiger charge is -2.11. The monoisotopic (exact) mass is 434 g/mol. The molecule has 0 N–H and O–H groups in total. The minimum absolute atomic E-state index is 0.0467. The van der Waals surface area contributed by atoms with E-state index in [-0.39, 0.29) is 34.7 Å². The van der Waals surface area contributed by atoms with Crippen molar-refractivity contribution in [2.24, 2.45) is 7.05 Å². The molecule has 3 rings (SSSR count). The predicted octanol–water partition coefficient (Wildman–Crippen LogP) is 2.93. The highest BCUT2D eigenvalue weighted by Crippen LogP contribution is 2.31. The van der Waals surface area contributed by atoms with Gasteiger partial charge in [0, 0.05) is 30.6 Å². The largest absolute Gasteiger partial charge is 0.422 e. The Hall–Kier alpha value is -2.78. The van der Waals surface area contributed by atoms with E-state index in [1.54, 1.807) is 38.4 Å². The van der Waals surface area contributed by atoms with Crippen LogP contribution in [0, 0.1) is 6.92 Å². The van der Waals surface area contributed by atoms with Crippen LogP contribution in [0.2, 0.25) is 5.02 Å². The standard InChI is InChI=1S/C19H19ClN4O4S/c1-4-29(26,27)11-15-21-18(13-8-9-16(25)24(3)10-13)23-19(22-15)28-17-12(2)6-5-7-14(17)20/h5-10H,4,11H2,1-3H3. The molecule has 0 saturated heterocycles. The third-order valence-electron chi connectivity index (χ3n) is 4.15. The molecule has 0 aliphatic heterocycles. The van der Waals surface area contributed by atoms with Gasteiger partial charge >= 0.3 is 6.01 Å². The van der Waals surface area contributed by atoms with Gasteiger partial charge in [-0.1, -0.05) is 30.7 Å². The molecule has 10 heteroatoms. The summed E-state index contributed by atoms with van der Waals surface area (Å²) in [5.74, 6) is 0.203. The van der Waals surface area contributed by atoms with E-state index in [2.05, 4.69) is 15.0 Å². The van der Waals surface area contributed by atoms with Crippen LogP contribution in [0.1, 0.15) is 18.3 Å². The van der Waals surface area contributed by atoms with Crippen LogP contribution in [0.5, 0.6) is 11.8 Å². The molecule has 0 bridgehead atoms. The smallest absolute Gasteiger partial charge is 0.325 e. The summed E-state index contributed by atoms with van der Waals surface area (Å²) >= 11 is 6.21. The summed E-state index contributed by atoms with van der Waals surface area (Å²) in [5, 5.41) is 0.372. The number of nitrogens with zero attached hydrogens (tertiary/aromatic N) is 4. The minimum Gasteiger partial charge on any atom is -0.422 e. The van der Waals surface area contributed by atoms with Gasteiger partial charge in [-0.25, -0.2) is 13.4 Å². The number of hydrogen-bond donors (Lipinski definition) is 0. The third kappa shape index (κ3) is 4.99. The van der Waals surface area contributed by atoms with E-state index in [4.69, 9.17) is 16.3 Å². The fourth-order valence-electron chi connectivity index (χ4n) is 2.50. The van der Waals surface area contributed by atoms with Crippen LogP contribution >= 0.6 is 11.6 Å². The maximum absolute atomic E-state index is 12.1. The number of ether oxygens (including phenoxy) is 1. The maximum Gasteiger partial charge on any atom is 0.325 e. The highest BCUT2D eigenvalue weighted by atomic mass is 35.5. The van der Waals surface area contributed by atoms with E-state index in [1.807, 2.05) is 13.0 Å². The van der Waals surface area contributed by atoms with Crippen molar-refractivity contribution < 1.29 is 13.2 Å². The highest BCUT2D eigenvalue weighted by molar-refractivity contribution is 7.90. The first kappa shape index (κ1) is 20.9. The molecule has 0 atom stereocenters. The molecule has 2 aromatic heterocycles. The molecule has 1 aromatic carbocycles. The number of para-hydroxylation sites is 1. The fraction of sp³-hybridized carbons (Fsp3) is 0.263. The lowest BCUT2D eigenvalue weighted by molar-refractivity contribution is 0.435. The summed E-state index contributed by atoms with van der Waals surface area (Å²) in [5.41, 5.74) is 1.09. The van der Waals surface area contributed by atoms with Gasteiger partial charge < -0.3 is 9.30 Å². The Morgan fingerprint density at radius 1 is 1.14 bits per heavy atom. The Morgan fingerprint density at radius 2 is 1.90 bits per heavy atom. The average molecular weight is 435 g/mol. The summed E-state index contributed by atoms with van der Waals surface area (Å²) in [6, 6.07) is 8.12. The third-order valence-corrected chi connectivity index (χ3v) is 6.03. The molecule has 2 heterocycles. The quantitative estimate of drug-likeness (QED) is 0.587. The van der Waals surface area contributed by atoms with E-state index in [0.29, 0.717) is 16.3 Å². The van der Waals surface area contributed by atoms with Crippen molar-refractivity contribution in [1.82, 2.24) is 19.5 Å². The zero-order valence-electron chi connectivity index (χ0n) is 16.1. The topological polar surface area (TPSA) is 104 Å². The van der Waals surface area contributed by atoms with Crippen LogP contribution in [0.3, 0.4) is 0 Å². The molecule has 0 aliphatic rings. The van der Waals surface area contributed by atoms with Gasteiger partial charge in [0.05, 0.1) is 5.02 Å². The minimum atomic E-state index is -3.38. The molecule has 152 valence electrons. The molecule has 0 fully saturated rings. The first-order valence-corrected chi connectivity index (χ1v) is 10.9. The second-order valence-electron chi connectivity index (χ2n) is 6.39. The molecule has 0 saturated carbocycles. The van der Waals surface area contributed by atoms with Crippen LogP contribution in [0.15, 0.2) is 41.3 Å². The van der Waals surface area contributed by atoms with Crippen molar-refractivity contribution in [1.29, 1.82) is 0 Å². The predicted molar refractivity (Wildman–Crippen MR) is 110 cm³/mol. The first-order valence-electron chi connectivity index (χ1n) is 8.74. The number of halogens is 1. The summed E-state index contributed by atoms with van der Waals surface area (Å²) in [4.78, 5) is 24.4. The van der Waals surface area contributed by atoms with Crippen molar-refractivity contribution in [2.75, 3.05) is 5.75 Å². The molecule has 0 aliphatic carbocycles. The van der Waals surface area contributed by atoms with Gasteiger partial charge in [0.25, 0.3) is 0 Å². The van der Waals surface area contributed by atoms with Gasteiger partial charge in [-0.15, -0.1) is 0 Å². The van der Waals surface area contributed by atoms with Crippen LogP contribution < -0.4 is 10.3 Å². The molecule has 29 heavy (non-hydrogen) atoms. The lowest BCUT2D eigenvalue weighted by Crippen LogP contribution is -2.15. The number of benzene rings is 1. The summed E-state index contributed by atoms with van der Waals surface area (Å²) in [7, 11) is -1.78. The van der Waals surface area contributed by atoms with Gasteiger partial charge in [0.2, 0.25) is 5.56 Å². The van der Waals surface area contributed by atoms with Crippen LogP contribution in [0.4, 0.5) is 0 Å². The first-order chi connectivity index (χ1) is 13.7. The molecule has 0 amide bonds. The van der Waals surface area contributed by atoms with Crippen molar-refractivity contribution in [3.63, 3.8) is 0 Å². The van der Waals surface area contributed by atoms with Gasteiger partial charge in [-0.2, -0.15) is 9.97 Å². The van der Waals surface area contributed by atoms with Gasteiger partial charge in [0.15, 0.2) is 27.2 Å². The van der Waals surface area contributed by atoms with Crippen LogP contribution in [0.25, 0.3) is 11.4 Å². The number of rotatable bonds is 6. The zero-order chi connectivity index (χ0) is 21.2. The van der Waals surface area contributed by atoms with Gasteiger partial charge in [-0.05, 0) is 24.6 Å². The molecule has 0 unspecified atom stereocenters. The van der Waals surface area contributed by atoms with E-state index >= 15 is 0 Å². The van der Waals surface area contributed by atoms with Crippen LogP contribution in [-0.2, 0) is 22.6 Å². The molecule has 0 spiro atoms. The average Bonchev–Trinajstić information content (AvgIpc) is 2.66. The maximum atomic E-state index is 12.1. The van der Waals surface area contributed by atoms with E-state index in [9.17, 15) is 13.2 Å². The molecule has 0 radical (unpaired) electrons. The lowest BCUT2D eigenvalue weighted by atomic mass is 10.2. The normalized spacial score (nSPS) is 11.4. The number of aromatic nitrogens is 4. The zero-order valence-corrected chi connectivity index (χ0v) is 17.7. The number of hydrogen-bond acceptors (Lipinski definition) is 7. The Morgan fingerprint density at radius 3 is 2.55 bits per heavy atom. The Bertz CT molecular complexity index is 1200. The summed E-state index contributed by atoms with van der Waals surface area (Å²) in [6.45, 7) is 3.37. The van der Waals surface area contributed by atoms with E-state index < -0.39 is 9.84 Å². The van der Waals surface area contributed by atoms with Crippen LogP contribution in [-0.4, -0.2) is 33.7 Å². The van der Waals surface area contributed by atoms with Crippen molar-refractivity contribution >= 4 is 21.4 Å². The second-order valence-corrected chi connectivity index (χ2v) is 9.15. The highest BCUT2D eigenvalue weighted by Gasteiger charge is 2.18. The van der Waals surface area contributed by atoms with Crippen molar-refractivity contribution in [3.8, 4) is 23.1 Å². The Labute approximate surface area is 173 Å². The summed E-state index contributed by atoms with van der Waals surface area (Å²) < 4.78 is 31.3. The molecule has 3 aromatic rings. The van der Waals surface area contributed by atoms with Crippen molar-refractivity contribution in [3.05, 3.63) is 63.3 Å². The van der Waals surface area contributed by atoms with Crippen molar-refractivity contribution in [2.45, 2.75) is 19.6 Å². The molecular formula is C19H19ClN4O4S. The summed E-state index contributed by atoms with van der Waals surface area (Å²) in [6.07, 6.45) is 1.56. The van der Waals surface area contributed by atoms with Gasteiger partial charge in [-0.3, -0.25) is 4.79 Å². The number of pyridine rings is 1. The number of sulfone groups is 1. The molecule has 8 nitrogen and oxygen atoms in total. The SMILES string of the molecule is CCS(=O)(=O)Cc1nc(Oc2c(C)cccc2Cl)nc(-c2ccc(=O)n(C)c2)n1. The Kier molecular flexibility index (Phi) is 5.99. The van der Waals surface area contributed by atoms with Gasteiger partial charge in [0.1, 0.15) is 5.75 Å². The van der Waals surface area contributed by atoms with E-state index in [1.165, 1.54) is 10.6 Å². The number of aryl methyl sites for hydroxylation is 2. The molecular weight excluding hydrogens is 416 g/mol. The van der Waals surface area contributed by atoms with E-state index in [0.717, 1.165) is 5.56 Å². The Balaban J connectivity index is 2.12. The second kappa shape index (κ2) is 8.30. The fourth-order valence-corrected chi connectivity index (χ4v) is 3.49.